The number of rotatable bonds is 10. The Balaban J connectivity index is 1.44. The van der Waals surface area contributed by atoms with Crippen molar-refractivity contribution in [2.24, 2.45) is 0 Å². The van der Waals surface area contributed by atoms with E-state index in [1.165, 1.54) is 12.1 Å². The SMILES string of the molecule is COc1ccc(CC[C@]2(Cn3cncc3C)OC[C@H](COS(=O)(=O)c3ccc(C)cc3)O2)cc1. The predicted octanol–water partition coefficient (Wildman–Crippen LogP) is 3.66. The lowest BCUT2D eigenvalue weighted by Crippen LogP contribution is -2.37. The van der Waals surface area contributed by atoms with Crippen LogP contribution in [0.2, 0.25) is 0 Å². The smallest absolute Gasteiger partial charge is 0.297 e. The monoisotopic (exact) mass is 486 g/mol. The quantitative estimate of drug-likeness (QED) is 0.404. The normalized spacial score (nSPS) is 20.5. The lowest BCUT2D eigenvalue weighted by atomic mass is 10.0. The Labute approximate surface area is 200 Å². The Morgan fingerprint density at radius 2 is 1.85 bits per heavy atom. The Bertz CT molecular complexity index is 1190. The van der Waals surface area contributed by atoms with Crippen LogP contribution in [0, 0.1) is 13.8 Å². The van der Waals surface area contributed by atoms with E-state index in [9.17, 15) is 8.42 Å². The molecule has 2 aromatic carbocycles. The molecular formula is C25H30N2O6S. The van der Waals surface area contributed by atoms with Crippen LogP contribution in [0.4, 0.5) is 0 Å². The Hall–Kier alpha value is -2.72. The molecule has 1 aliphatic rings. The second kappa shape index (κ2) is 10.3. The third-order valence-corrected chi connectivity index (χ3v) is 7.21. The van der Waals surface area contributed by atoms with Crippen LogP contribution in [0.5, 0.6) is 5.75 Å². The van der Waals surface area contributed by atoms with Gasteiger partial charge in [-0.25, -0.2) is 4.98 Å². The Morgan fingerprint density at radius 1 is 1.12 bits per heavy atom. The first kappa shape index (κ1) is 24.4. The van der Waals surface area contributed by atoms with Gasteiger partial charge in [-0.3, -0.25) is 4.18 Å². The summed E-state index contributed by atoms with van der Waals surface area (Å²) in [5.74, 6) is -0.125. The fraction of sp³-hybridized carbons (Fsp3) is 0.400. The van der Waals surface area contributed by atoms with Crippen LogP contribution in [0.3, 0.4) is 0 Å². The van der Waals surface area contributed by atoms with Crippen molar-refractivity contribution in [3.05, 3.63) is 77.9 Å². The number of aryl methyl sites for hydroxylation is 3. The standard InChI is InChI=1S/C25H30N2O6S/c1-19-4-10-24(11-5-19)34(28,29)32-16-23-15-31-25(33-23,17-27-18-26-14-20(27)2)13-12-21-6-8-22(30-3)9-7-21/h4-11,14,18,23H,12-13,15-17H2,1-3H3/t23-,25+/m1/s1. The van der Waals surface area contributed by atoms with E-state index >= 15 is 0 Å². The molecule has 2 heterocycles. The van der Waals surface area contributed by atoms with E-state index in [4.69, 9.17) is 18.4 Å². The molecule has 0 amide bonds. The van der Waals surface area contributed by atoms with Crippen molar-refractivity contribution < 1.29 is 26.8 Å². The second-order valence-electron chi connectivity index (χ2n) is 8.52. The zero-order valence-corrected chi connectivity index (χ0v) is 20.5. The molecule has 9 heteroatoms. The summed E-state index contributed by atoms with van der Waals surface area (Å²) in [5.41, 5.74) is 3.08. The molecule has 1 aliphatic heterocycles. The van der Waals surface area contributed by atoms with Crippen LogP contribution in [0.15, 0.2) is 66.0 Å². The van der Waals surface area contributed by atoms with Crippen LogP contribution in [-0.2, 0) is 36.7 Å². The molecule has 3 aromatic rings. The van der Waals surface area contributed by atoms with Crippen molar-refractivity contribution in [3.8, 4) is 5.75 Å². The maximum atomic E-state index is 12.6. The van der Waals surface area contributed by atoms with Gasteiger partial charge < -0.3 is 18.8 Å². The number of aromatic nitrogens is 2. The van der Waals surface area contributed by atoms with Gasteiger partial charge in [0, 0.05) is 18.3 Å². The number of benzene rings is 2. The van der Waals surface area contributed by atoms with Crippen molar-refractivity contribution in [1.29, 1.82) is 0 Å². The lowest BCUT2D eigenvalue weighted by Gasteiger charge is -2.29. The largest absolute Gasteiger partial charge is 0.497 e. The minimum Gasteiger partial charge on any atom is -0.497 e. The highest BCUT2D eigenvalue weighted by atomic mass is 32.2. The number of nitrogens with zero attached hydrogens (tertiary/aromatic N) is 2. The van der Waals surface area contributed by atoms with Crippen molar-refractivity contribution >= 4 is 10.1 Å². The number of hydrogen-bond donors (Lipinski definition) is 0. The molecule has 1 fully saturated rings. The van der Waals surface area contributed by atoms with Gasteiger partial charge in [0.25, 0.3) is 10.1 Å². The van der Waals surface area contributed by atoms with Crippen LogP contribution in [0.25, 0.3) is 0 Å². The molecule has 8 nitrogen and oxygen atoms in total. The van der Waals surface area contributed by atoms with E-state index in [-0.39, 0.29) is 18.1 Å². The molecule has 182 valence electrons. The average Bonchev–Trinajstić information content (AvgIpc) is 3.43. The molecule has 0 spiro atoms. The van der Waals surface area contributed by atoms with Crippen molar-refractivity contribution in [2.75, 3.05) is 20.3 Å². The molecule has 4 rings (SSSR count). The minimum absolute atomic E-state index is 0.122. The zero-order valence-electron chi connectivity index (χ0n) is 19.6. The third-order valence-electron chi connectivity index (χ3n) is 5.92. The second-order valence-corrected chi connectivity index (χ2v) is 10.1. The minimum atomic E-state index is -3.88. The molecule has 1 aromatic heterocycles. The number of ether oxygens (including phenoxy) is 3. The van der Waals surface area contributed by atoms with Crippen molar-refractivity contribution in [1.82, 2.24) is 9.55 Å². The van der Waals surface area contributed by atoms with Crippen LogP contribution in [-0.4, -0.2) is 50.2 Å². The first-order chi connectivity index (χ1) is 16.3. The van der Waals surface area contributed by atoms with Crippen molar-refractivity contribution in [2.45, 2.75) is 50.0 Å². The maximum Gasteiger partial charge on any atom is 0.297 e. The highest BCUT2D eigenvalue weighted by molar-refractivity contribution is 7.86. The molecular weight excluding hydrogens is 456 g/mol. The summed E-state index contributed by atoms with van der Waals surface area (Å²) in [6, 6.07) is 14.4. The summed E-state index contributed by atoms with van der Waals surface area (Å²) in [6.45, 7) is 4.42. The lowest BCUT2D eigenvalue weighted by molar-refractivity contribution is -0.184. The fourth-order valence-electron chi connectivity index (χ4n) is 3.87. The molecule has 0 aliphatic carbocycles. The van der Waals surface area contributed by atoms with Crippen molar-refractivity contribution in [3.63, 3.8) is 0 Å². The Morgan fingerprint density at radius 3 is 2.50 bits per heavy atom. The predicted molar refractivity (Wildman–Crippen MR) is 126 cm³/mol. The van der Waals surface area contributed by atoms with Gasteiger partial charge in [-0.15, -0.1) is 0 Å². The molecule has 0 radical (unpaired) electrons. The van der Waals surface area contributed by atoms with Crippen LogP contribution in [0.1, 0.15) is 23.2 Å². The van der Waals surface area contributed by atoms with Gasteiger partial charge in [0.05, 0.1) is 38.1 Å². The van der Waals surface area contributed by atoms with Crippen LogP contribution >= 0.6 is 0 Å². The summed E-state index contributed by atoms with van der Waals surface area (Å²) in [7, 11) is -2.25. The van der Waals surface area contributed by atoms with Gasteiger partial charge in [-0.2, -0.15) is 8.42 Å². The summed E-state index contributed by atoms with van der Waals surface area (Å²) >= 11 is 0. The summed E-state index contributed by atoms with van der Waals surface area (Å²) < 4.78 is 50.2. The Kier molecular flexibility index (Phi) is 7.37. The first-order valence-electron chi connectivity index (χ1n) is 11.2. The summed E-state index contributed by atoms with van der Waals surface area (Å²) in [4.78, 5) is 4.32. The number of hydrogen-bond acceptors (Lipinski definition) is 7. The highest BCUT2D eigenvalue weighted by Crippen LogP contribution is 2.32. The van der Waals surface area contributed by atoms with E-state index in [0.29, 0.717) is 19.4 Å². The van der Waals surface area contributed by atoms with E-state index in [1.54, 1.807) is 31.8 Å². The third kappa shape index (κ3) is 5.85. The molecule has 0 saturated carbocycles. The van der Waals surface area contributed by atoms with Gasteiger partial charge in [-0.1, -0.05) is 29.8 Å². The van der Waals surface area contributed by atoms with E-state index in [1.807, 2.05) is 42.7 Å². The van der Waals surface area contributed by atoms with E-state index in [0.717, 1.165) is 22.6 Å². The van der Waals surface area contributed by atoms with Gasteiger partial charge >= 0.3 is 0 Å². The summed E-state index contributed by atoms with van der Waals surface area (Å²) in [6.07, 6.45) is 4.30. The number of methoxy groups -OCH3 is 1. The fourth-order valence-corrected chi connectivity index (χ4v) is 4.81. The topological polar surface area (TPSA) is 88.9 Å². The number of imidazole rings is 1. The van der Waals surface area contributed by atoms with Gasteiger partial charge in [0.15, 0.2) is 5.79 Å². The van der Waals surface area contributed by atoms with E-state index in [2.05, 4.69) is 4.98 Å². The van der Waals surface area contributed by atoms with E-state index < -0.39 is 22.0 Å². The average molecular weight is 487 g/mol. The van der Waals surface area contributed by atoms with Crippen LogP contribution < -0.4 is 4.74 Å². The maximum absolute atomic E-state index is 12.6. The molecule has 2 atom stereocenters. The van der Waals surface area contributed by atoms with Gasteiger partial charge in [0.2, 0.25) is 0 Å². The zero-order chi connectivity index (χ0) is 24.2. The molecule has 1 saturated heterocycles. The molecule has 0 unspecified atom stereocenters. The molecule has 34 heavy (non-hydrogen) atoms. The first-order valence-corrected chi connectivity index (χ1v) is 12.6. The molecule has 0 N–H and O–H groups in total. The summed E-state index contributed by atoms with van der Waals surface area (Å²) in [5, 5.41) is 0. The van der Waals surface area contributed by atoms with Gasteiger partial charge in [0.1, 0.15) is 11.9 Å². The molecule has 0 bridgehead atoms. The highest BCUT2D eigenvalue weighted by Gasteiger charge is 2.42. The van der Waals surface area contributed by atoms with Gasteiger partial charge in [-0.05, 0) is 50.1 Å².